The molecule has 12 heteroatoms. The number of hydrogen-bond acceptors (Lipinski definition) is 3. The van der Waals surface area contributed by atoms with Gasteiger partial charge in [0.25, 0.3) is 0 Å². The lowest BCUT2D eigenvalue weighted by Gasteiger charge is -2.27. The van der Waals surface area contributed by atoms with Gasteiger partial charge >= 0.3 is 18.1 Å². The Morgan fingerprint density at radius 1 is 1.00 bits per heavy atom. The highest BCUT2D eigenvalue weighted by Crippen LogP contribution is 2.45. The number of halogens is 9. The third kappa shape index (κ3) is 5.96. The van der Waals surface area contributed by atoms with Gasteiger partial charge in [0.05, 0.1) is 6.21 Å². The largest absolute Gasteiger partial charge is 0.488 e. The summed E-state index contributed by atoms with van der Waals surface area (Å²) in [5, 5.41) is 2.85. The van der Waals surface area contributed by atoms with Crippen LogP contribution in [0.4, 0.5) is 30.7 Å². The van der Waals surface area contributed by atoms with Crippen molar-refractivity contribution >= 4 is 44.7 Å². The summed E-state index contributed by atoms with van der Waals surface area (Å²) in [5.41, 5.74) is 1.45. The molecule has 1 N–H and O–H groups in total. The first-order valence-corrected chi connectivity index (χ1v) is 9.50. The summed E-state index contributed by atoms with van der Waals surface area (Å²) in [4.78, 5) is 0. The highest BCUT2D eigenvalue weighted by molar-refractivity contribution is 14.1. The van der Waals surface area contributed by atoms with Crippen LogP contribution in [0.3, 0.4) is 0 Å². The molecule has 0 amide bonds. The van der Waals surface area contributed by atoms with E-state index in [1.807, 2.05) is 12.1 Å². The topological polar surface area (TPSA) is 33.6 Å². The Labute approximate surface area is 182 Å². The van der Waals surface area contributed by atoms with Crippen molar-refractivity contribution in [2.24, 2.45) is 5.10 Å². The van der Waals surface area contributed by atoms with Gasteiger partial charge in [-0.1, -0.05) is 28.1 Å². The summed E-state index contributed by atoms with van der Waals surface area (Å²) in [6.45, 7) is 0.106. The van der Waals surface area contributed by atoms with Crippen LogP contribution in [0, 0.1) is 3.57 Å². The van der Waals surface area contributed by atoms with Crippen LogP contribution in [0.25, 0.3) is 0 Å². The second kappa shape index (κ2) is 9.06. The smallest absolute Gasteiger partial charge is 0.462 e. The van der Waals surface area contributed by atoms with E-state index in [0.717, 1.165) is 9.13 Å². The maximum absolute atomic E-state index is 13.2. The van der Waals surface area contributed by atoms with E-state index in [1.165, 1.54) is 12.1 Å². The quantitative estimate of drug-likeness (QED) is 0.133. The first-order valence-electron chi connectivity index (χ1n) is 7.63. The van der Waals surface area contributed by atoms with Gasteiger partial charge in [0.15, 0.2) is 0 Å². The van der Waals surface area contributed by atoms with Crippen LogP contribution >= 0.6 is 38.5 Å². The van der Waals surface area contributed by atoms with E-state index in [0.29, 0.717) is 16.1 Å². The van der Waals surface area contributed by atoms with Gasteiger partial charge in [0.1, 0.15) is 12.4 Å². The standard InChI is InChI=1S/C17H11BrF7IN2O/c18-12-3-6-14(29-9-10-1-4-13(26)5-2-10)11(7-12)8-27-28-17(24,25)15(19,20)16(21,22)23/h1-8,28H,9H2/b27-8+. The summed E-state index contributed by atoms with van der Waals surface area (Å²) < 4.78 is 95.7. The van der Waals surface area contributed by atoms with Crippen molar-refractivity contribution in [2.45, 2.75) is 24.8 Å². The molecule has 158 valence electrons. The molecule has 3 nitrogen and oxygen atoms in total. The van der Waals surface area contributed by atoms with Gasteiger partial charge in [-0.2, -0.15) is 35.8 Å². The van der Waals surface area contributed by atoms with Gasteiger partial charge in [-0.25, -0.2) is 5.43 Å². The van der Waals surface area contributed by atoms with Crippen LogP contribution in [-0.4, -0.2) is 24.4 Å². The molecule has 2 rings (SSSR count). The van der Waals surface area contributed by atoms with E-state index in [4.69, 9.17) is 4.74 Å². The highest BCUT2D eigenvalue weighted by atomic mass is 127. The summed E-state index contributed by atoms with van der Waals surface area (Å²) in [6, 6.07) is 6.04. The normalized spacial score (nSPS) is 13.0. The Balaban J connectivity index is 2.15. The van der Waals surface area contributed by atoms with Crippen LogP contribution in [0.15, 0.2) is 52.0 Å². The number of ether oxygens (including phenoxy) is 1. The lowest BCUT2D eigenvalue weighted by Crippen LogP contribution is -2.58. The molecule has 0 aromatic heterocycles. The van der Waals surface area contributed by atoms with Crippen LogP contribution in [0.1, 0.15) is 11.1 Å². The van der Waals surface area contributed by atoms with Gasteiger partial charge in [-0.05, 0) is 58.5 Å². The van der Waals surface area contributed by atoms with Crippen molar-refractivity contribution < 1.29 is 35.5 Å². The third-order valence-electron chi connectivity index (χ3n) is 3.44. The third-order valence-corrected chi connectivity index (χ3v) is 4.65. The van der Waals surface area contributed by atoms with E-state index < -0.39 is 18.1 Å². The zero-order valence-corrected chi connectivity index (χ0v) is 17.8. The monoisotopic (exact) mass is 598 g/mol. The van der Waals surface area contributed by atoms with Crippen LogP contribution in [-0.2, 0) is 6.61 Å². The van der Waals surface area contributed by atoms with Gasteiger partial charge in [-0.15, -0.1) is 0 Å². The first kappa shape index (κ1) is 23.7. The lowest BCUT2D eigenvalue weighted by atomic mass is 10.2. The average Bonchev–Trinajstić information content (AvgIpc) is 2.61. The maximum atomic E-state index is 13.2. The van der Waals surface area contributed by atoms with Crippen molar-refractivity contribution in [1.82, 2.24) is 5.43 Å². The van der Waals surface area contributed by atoms with E-state index in [1.54, 1.807) is 18.2 Å². The van der Waals surface area contributed by atoms with E-state index >= 15 is 0 Å². The predicted octanol–water partition coefficient (Wildman–Crippen LogP) is 6.35. The van der Waals surface area contributed by atoms with Crippen molar-refractivity contribution in [3.05, 3.63) is 61.6 Å². The minimum Gasteiger partial charge on any atom is -0.488 e. The number of nitrogens with one attached hydrogen (secondary N) is 1. The van der Waals surface area contributed by atoms with Crippen molar-refractivity contribution in [2.75, 3.05) is 0 Å². The van der Waals surface area contributed by atoms with Crippen LogP contribution in [0.5, 0.6) is 5.75 Å². The molecule has 2 aromatic carbocycles. The molecule has 0 unspecified atom stereocenters. The highest BCUT2D eigenvalue weighted by Gasteiger charge is 2.73. The molecule has 0 fully saturated rings. The Morgan fingerprint density at radius 3 is 2.21 bits per heavy atom. The molecule has 0 atom stereocenters. The number of alkyl halides is 7. The van der Waals surface area contributed by atoms with Crippen molar-refractivity contribution in [3.8, 4) is 5.75 Å². The summed E-state index contributed by atoms with van der Waals surface area (Å²) in [7, 11) is 0. The molecule has 0 aliphatic rings. The zero-order chi connectivity index (χ0) is 21.9. The molecule has 0 radical (unpaired) electrons. The predicted molar refractivity (Wildman–Crippen MR) is 104 cm³/mol. The summed E-state index contributed by atoms with van der Waals surface area (Å²) in [5.74, 6) is -6.15. The number of hydrogen-bond donors (Lipinski definition) is 1. The summed E-state index contributed by atoms with van der Waals surface area (Å²) >= 11 is 5.26. The molecule has 29 heavy (non-hydrogen) atoms. The number of hydrazone groups is 1. The minimum absolute atomic E-state index is 0.0727. The fraction of sp³-hybridized carbons (Fsp3) is 0.235. The minimum atomic E-state index is -6.45. The molecule has 0 bridgehead atoms. The van der Waals surface area contributed by atoms with Crippen molar-refractivity contribution in [1.29, 1.82) is 0 Å². The molecule has 0 saturated carbocycles. The molecule has 0 spiro atoms. The maximum Gasteiger partial charge on any atom is 0.462 e. The SMILES string of the molecule is FC(F)(F)C(F)(F)C(F)(F)N/N=C/c1cc(Br)ccc1OCc1ccc(I)cc1. The lowest BCUT2D eigenvalue weighted by molar-refractivity contribution is -0.361. The molecular formula is C17H11BrF7IN2O. The van der Waals surface area contributed by atoms with E-state index in [9.17, 15) is 30.7 Å². The Bertz CT molecular complexity index is 873. The van der Waals surface area contributed by atoms with Gasteiger partial charge in [0, 0.05) is 13.6 Å². The molecule has 0 aliphatic carbocycles. The fourth-order valence-electron chi connectivity index (χ4n) is 1.92. The van der Waals surface area contributed by atoms with Crippen LogP contribution in [0.2, 0.25) is 0 Å². The zero-order valence-electron chi connectivity index (χ0n) is 14.1. The first-order chi connectivity index (χ1) is 13.3. The van der Waals surface area contributed by atoms with E-state index in [-0.39, 0.29) is 17.9 Å². The average molecular weight is 599 g/mol. The number of benzene rings is 2. The Kier molecular flexibility index (Phi) is 7.41. The second-order valence-electron chi connectivity index (χ2n) is 5.61. The number of nitrogens with zero attached hydrogens (tertiary/aromatic N) is 1. The summed E-state index contributed by atoms with van der Waals surface area (Å²) in [6.07, 6.45) is -5.79. The Morgan fingerprint density at radius 2 is 1.62 bits per heavy atom. The molecule has 0 heterocycles. The second-order valence-corrected chi connectivity index (χ2v) is 7.78. The molecular weight excluding hydrogens is 588 g/mol. The number of rotatable bonds is 7. The molecule has 0 aliphatic heterocycles. The molecule has 0 saturated heterocycles. The van der Waals surface area contributed by atoms with E-state index in [2.05, 4.69) is 43.6 Å². The van der Waals surface area contributed by atoms with Gasteiger partial charge in [-0.3, -0.25) is 0 Å². The Hall–Kier alpha value is -1.57. The van der Waals surface area contributed by atoms with Gasteiger partial charge in [0.2, 0.25) is 0 Å². The van der Waals surface area contributed by atoms with Crippen LogP contribution < -0.4 is 10.2 Å². The fourth-order valence-corrected chi connectivity index (χ4v) is 2.66. The molecule has 2 aromatic rings. The van der Waals surface area contributed by atoms with Gasteiger partial charge < -0.3 is 4.74 Å². The van der Waals surface area contributed by atoms with Crippen molar-refractivity contribution in [3.63, 3.8) is 0 Å².